The summed E-state index contributed by atoms with van der Waals surface area (Å²) in [6, 6.07) is 5.27. The number of nitrogens with zero attached hydrogens (tertiary/aromatic N) is 4. The number of hydrogen-bond acceptors (Lipinski definition) is 8. The highest BCUT2D eigenvalue weighted by atomic mass is 35.5. The van der Waals surface area contributed by atoms with Gasteiger partial charge < -0.3 is 11.1 Å². The fourth-order valence-corrected chi connectivity index (χ4v) is 3.97. The number of amides is 1. The van der Waals surface area contributed by atoms with Crippen molar-refractivity contribution in [3.8, 4) is 11.3 Å². The topological polar surface area (TPSA) is 107 Å². The third kappa shape index (κ3) is 5.07. The Hall–Kier alpha value is -1.94. The first kappa shape index (κ1) is 19.8. The van der Waals surface area contributed by atoms with Gasteiger partial charge in [-0.05, 0) is 18.6 Å². The number of carbonyl (C=O) groups excluding carboxylic acids is 1. The third-order valence-electron chi connectivity index (χ3n) is 3.43. The molecule has 1 atom stereocenters. The first-order valence-corrected chi connectivity index (χ1v) is 10.3. The Morgan fingerprint density at radius 1 is 1.30 bits per heavy atom. The Morgan fingerprint density at radius 2 is 2.11 bits per heavy atom. The number of nitrogens with two attached hydrogens (primary N) is 1. The van der Waals surface area contributed by atoms with Gasteiger partial charge in [0.1, 0.15) is 6.33 Å². The molecule has 0 saturated carbocycles. The van der Waals surface area contributed by atoms with E-state index in [2.05, 4.69) is 25.3 Å². The minimum atomic E-state index is -0.385. The molecule has 0 spiro atoms. The van der Waals surface area contributed by atoms with E-state index in [0.29, 0.717) is 32.4 Å². The molecule has 2 heterocycles. The highest BCUT2D eigenvalue weighted by Gasteiger charge is 2.21. The minimum Gasteiger partial charge on any atom is -0.368 e. The van der Waals surface area contributed by atoms with Gasteiger partial charge >= 0.3 is 0 Å². The molecule has 0 radical (unpaired) electrons. The van der Waals surface area contributed by atoms with Gasteiger partial charge in [0.05, 0.1) is 21.0 Å². The number of halogens is 2. The summed E-state index contributed by atoms with van der Waals surface area (Å²) in [5.74, 6) is -0.0644. The maximum atomic E-state index is 12.6. The van der Waals surface area contributed by atoms with Crippen LogP contribution in [-0.4, -0.2) is 31.1 Å². The molecular weight excluding hydrogens is 427 g/mol. The zero-order valence-electron chi connectivity index (χ0n) is 14.0. The van der Waals surface area contributed by atoms with E-state index in [9.17, 15) is 4.79 Å². The van der Waals surface area contributed by atoms with E-state index >= 15 is 0 Å². The second kappa shape index (κ2) is 8.83. The van der Waals surface area contributed by atoms with E-state index in [-0.39, 0.29) is 17.1 Å². The van der Waals surface area contributed by atoms with E-state index in [0.717, 1.165) is 5.56 Å². The molecule has 0 saturated heterocycles. The first-order valence-electron chi connectivity index (χ1n) is 7.79. The fraction of sp³-hybridized carbons (Fsp3) is 0.188. The van der Waals surface area contributed by atoms with Crippen LogP contribution in [0.15, 0.2) is 35.1 Å². The lowest BCUT2D eigenvalue weighted by atomic mass is 10.2. The Morgan fingerprint density at radius 3 is 2.81 bits per heavy atom. The molecule has 27 heavy (non-hydrogen) atoms. The van der Waals surface area contributed by atoms with Crippen LogP contribution < -0.4 is 11.1 Å². The first-order chi connectivity index (χ1) is 13.0. The predicted molar refractivity (Wildman–Crippen MR) is 110 cm³/mol. The lowest BCUT2D eigenvalue weighted by Crippen LogP contribution is -2.24. The van der Waals surface area contributed by atoms with E-state index in [1.807, 2.05) is 18.4 Å². The lowest BCUT2D eigenvalue weighted by Gasteiger charge is -2.12. The molecule has 3 rings (SSSR count). The molecule has 2 aromatic heterocycles. The Labute approximate surface area is 173 Å². The molecule has 11 heteroatoms. The van der Waals surface area contributed by atoms with Gasteiger partial charge in [-0.25, -0.2) is 15.0 Å². The number of hydrogen-bond donors (Lipinski definition) is 2. The van der Waals surface area contributed by atoms with Crippen molar-refractivity contribution in [2.24, 2.45) is 0 Å². The molecule has 1 aromatic carbocycles. The van der Waals surface area contributed by atoms with Crippen LogP contribution in [-0.2, 0) is 4.79 Å². The van der Waals surface area contributed by atoms with E-state index in [1.165, 1.54) is 29.4 Å². The number of nitrogens with one attached hydrogen (secondary N) is 1. The maximum Gasteiger partial charge on any atom is 0.239 e. The molecular formula is C16H14Cl2N6OS2. The molecule has 3 aromatic rings. The monoisotopic (exact) mass is 440 g/mol. The molecule has 140 valence electrons. The molecule has 0 aliphatic carbocycles. The zero-order chi connectivity index (χ0) is 19.4. The van der Waals surface area contributed by atoms with Crippen LogP contribution in [0.1, 0.15) is 13.3 Å². The highest BCUT2D eigenvalue weighted by Crippen LogP contribution is 2.31. The van der Waals surface area contributed by atoms with Gasteiger partial charge in [0.25, 0.3) is 0 Å². The van der Waals surface area contributed by atoms with Crippen LogP contribution in [0.3, 0.4) is 0 Å². The third-order valence-corrected chi connectivity index (χ3v) is 6.17. The number of thioether (sulfide) groups is 1. The van der Waals surface area contributed by atoms with Crippen molar-refractivity contribution in [3.05, 3.63) is 40.0 Å². The van der Waals surface area contributed by atoms with Crippen LogP contribution in [0.25, 0.3) is 11.3 Å². The second-order valence-corrected chi connectivity index (χ2v) is 8.14. The van der Waals surface area contributed by atoms with Crippen LogP contribution in [0.4, 0.5) is 11.1 Å². The van der Waals surface area contributed by atoms with Crippen LogP contribution in [0.2, 0.25) is 10.0 Å². The van der Waals surface area contributed by atoms with Crippen molar-refractivity contribution in [3.63, 3.8) is 0 Å². The molecule has 0 bridgehead atoms. The summed E-state index contributed by atoms with van der Waals surface area (Å²) >= 11 is 14.5. The Bertz CT molecular complexity index is 968. The summed E-state index contributed by atoms with van der Waals surface area (Å²) in [7, 11) is 0. The summed E-state index contributed by atoms with van der Waals surface area (Å²) in [6.45, 7) is 1.91. The predicted octanol–water partition coefficient (Wildman–Crippen LogP) is 4.39. The van der Waals surface area contributed by atoms with Crippen molar-refractivity contribution in [2.45, 2.75) is 23.8 Å². The standard InChI is InChI=1S/C16H14Cl2N6OS2/c1-2-12(27-15-21-7-20-14(19)24-15)13(25)23-16-22-11(6-26-16)8-3-4-9(17)10(18)5-8/h3-7,12H,2H2,1H3,(H,22,23,25)(H2,19,20,21,24). The van der Waals surface area contributed by atoms with Gasteiger partial charge in [0, 0.05) is 10.9 Å². The summed E-state index contributed by atoms with van der Waals surface area (Å²) in [5.41, 5.74) is 7.08. The summed E-state index contributed by atoms with van der Waals surface area (Å²) < 4.78 is 0. The second-order valence-electron chi connectivity index (χ2n) is 5.30. The minimum absolute atomic E-state index is 0.119. The lowest BCUT2D eigenvalue weighted by molar-refractivity contribution is -0.115. The SMILES string of the molecule is CCC(Sc1ncnc(N)n1)C(=O)Nc1nc(-c2ccc(Cl)c(Cl)c2)cs1. The Kier molecular flexibility index (Phi) is 6.48. The summed E-state index contributed by atoms with van der Waals surface area (Å²) in [5, 5.41) is 6.12. The fourth-order valence-electron chi connectivity index (χ4n) is 2.10. The van der Waals surface area contributed by atoms with Crippen molar-refractivity contribution >= 4 is 63.3 Å². The average molecular weight is 441 g/mol. The van der Waals surface area contributed by atoms with Gasteiger partial charge in [-0.3, -0.25) is 4.79 Å². The zero-order valence-corrected chi connectivity index (χ0v) is 17.2. The average Bonchev–Trinajstić information content (AvgIpc) is 3.10. The molecule has 1 unspecified atom stereocenters. The number of nitrogen functional groups attached to an aromatic ring is 1. The molecule has 0 aliphatic rings. The van der Waals surface area contributed by atoms with Crippen LogP contribution in [0.5, 0.6) is 0 Å². The number of thiazole rings is 1. The van der Waals surface area contributed by atoms with Crippen molar-refractivity contribution in [1.82, 2.24) is 19.9 Å². The van der Waals surface area contributed by atoms with Gasteiger partial charge in [-0.2, -0.15) is 4.98 Å². The largest absolute Gasteiger partial charge is 0.368 e. The molecule has 7 nitrogen and oxygen atoms in total. The number of rotatable bonds is 6. The summed E-state index contributed by atoms with van der Waals surface area (Å²) in [4.78, 5) is 28.8. The quantitative estimate of drug-likeness (QED) is 0.546. The Balaban J connectivity index is 1.69. The van der Waals surface area contributed by atoms with E-state index in [1.54, 1.807) is 12.1 Å². The number of aromatic nitrogens is 4. The van der Waals surface area contributed by atoms with Gasteiger partial charge in [-0.15, -0.1) is 11.3 Å². The highest BCUT2D eigenvalue weighted by molar-refractivity contribution is 8.00. The number of benzene rings is 1. The number of carbonyl (C=O) groups is 1. The van der Waals surface area contributed by atoms with E-state index in [4.69, 9.17) is 28.9 Å². The molecule has 3 N–H and O–H groups in total. The molecule has 0 aliphatic heterocycles. The smallest absolute Gasteiger partial charge is 0.239 e. The van der Waals surface area contributed by atoms with Gasteiger partial charge in [0.15, 0.2) is 10.3 Å². The normalized spacial score (nSPS) is 12.0. The van der Waals surface area contributed by atoms with Crippen molar-refractivity contribution in [1.29, 1.82) is 0 Å². The maximum absolute atomic E-state index is 12.6. The number of anilines is 2. The van der Waals surface area contributed by atoms with E-state index < -0.39 is 0 Å². The van der Waals surface area contributed by atoms with Crippen molar-refractivity contribution in [2.75, 3.05) is 11.1 Å². The summed E-state index contributed by atoms with van der Waals surface area (Å²) in [6.07, 6.45) is 1.91. The van der Waals surface area contributed by atoms with Crippen LogP contribution >= 0.6 is 46.3 Å². The molecule has 0 fully saturated rings. The van der Waals surface area contributed by atoms with Crippen molar-refractivity contribution < 1.29 is 4.79 Å². The van der Waals surface area contributed by atoms with Gasteiger partial charge in [0.2, 0.25) is 11.9 Å². The van der Waals surface area contributed by atoms with Gasteiger partial charge in [-0.1, -0.05) is 48.0 Å². The van der Waals surface area contributed by atoms with Crippen LogP contribution in [0, 0.1) is 0 Å². The molecule has 1 amide bonds.